The van der Waals surface area contributed by atoms with E-state index in [0.29, 0.717) is 6.42 Å². The summed E-state index contributed by atoms with van der Waals surface area (Å²) in [6.45, 7) is 5.85. The van der Waals surface area contributed by atoms with Crippen LogP contribution < -0.4 is 0 Å². The molecule has 0 aromatic heterocycles. The lowest BCUT2D eigenvalue weighted by Crippen LogP contribution is -2.33. The quantitative estimate of drug-likeness (QED) is 0.357. The van der Waals surface area contributed by atoms with E-state index in [1.54, 1.807) is 0 Å². The highest BCUT2D eigenvalue weighted by Crippen LogP contribution is 2.47. The van der Waals surface area contributed by atoms with Gasteiger partial charge in [0.15, 0.2) is 0 Å². The van der Waals surface area contributed by atoms with Crippen LogP contribution >= 0.6 is 24.4 Å². The molecule has 4 heteroatoms. The number of allylic oxidation sites excluding steroid dienone is 2. The number of carboxylic acids is 1. The van der Waals surface area contributed by atoms with Gasteiger partial charge in [-0.05, 0) is 59.1 Å². The van der Waals surface area contributed by atoms with E-state index in [4.69, 9.17) is 24.4 Å². The van der Waals surface area contributed by atoms with Gasteiger partial charge in [0.05, 0.1) is 0 Å². The molecule has 0 radical (unpaired) electrons. The molecule has 2 aromatic rings. The van der Waals surface area contributed by atoms with Crippen LogP contribution in [0, 0.1) is 11.8 Å². The van der Waals surface area contributed by atoms with Crippen molar-refractivity contribution in [2.75, 3.05) is 0 Å². The third kappa shape index (κ3) is 4.43. The first-order valence-corrected chi connectivity index (χ1v) is 11.7. The van der Waals surface area contributed by atoms with Gasteiger partial charge in [-0.1, -0.05) is 98.6 Å². The lowest BCUT2D eigenvalue weighted by Gasteiger charge is -2.39. The van der Waals surface area contributed by atoms with Crippen LogP contribution in [0.3, 0.4) is 0 Å². The summed E-state index contributed by atoms with van der Waals surface area (Å²) in [5.41, 5.74) is 5.07. The van der Waals surface area contributed by atoms with Gasteiger partial charge in [-0.3, -0.25) is 0 Å². The molecule has 162 valence electrons. The third-order valence-electron chi connectivity index (χ3n) is 6.56. The predicted molar refractivity (Wildman–Crippen MR) is 140 cm³/mol. The van der Waals surface area contributed by atoms with Crippen molar-refractivity contribution in [2.24, 2.45) is 11.8 Å². The van der Waals surface area contributed by atoms with Crippen LogP contribution in [0.5, 0.6) is 0 Å². The van der Waals surface area contributed by atoms with E-state index in [9.17, 15) is 9.90 Å². The lowest BCUT2D eigenvalue weighted by molar-refractivity contribution is -0.132. The molecule has 3 atom stereocenters. The molecule has 0 bridgehead atoms. The van der Waals surface area contributed by atoms with Crippen molar-refractivity contribution in [2.45, 2.75) is 31.6 Å². The van der Waals surface area contributed by atoms with Gasteiger partial charge in [-0.2, -0.15) is 0 Å². The number of aliphatic carboxylic acids is 1. The molecular weight excluding hydrogens is 432 g/mol. The Hall–Kier alpha value is -2.69. The van der Waals surface area contributed by atoms with Crippen LogP contribution in [-0.2, 0) is 4.79 Å². The number of rotatable bonds is 7. The summed E-state index contributed by atoms with van der Waals surface area (Å²) in [6.07, 6.45) is 9.52. The number of fused-ring (bicyclic) bond motifs is 2. The first-order chi connectivity index (χ1) is 15.4. The number of carbonyl (C=O) groups is 1. The number of thiocarbonyl (C=S) groups is 2. The van der Waals surface area contributed by atoms with Gasteiger partial charge in [0.2, 0.25) is 0 Å². The maximum absolute atomic E-state index is 11.4. The molecule has 0 saturated carbocycles. The number of hydrogen-bond donors (Lipinski definition) is 1. The van der Waals surface area contributed by atoms with E-state index in [1.165, 1.54) is 22.3 Å². The van der Waals surface area contributed by atoms with E-state index >= 15 is 0 Å². The van der Waals surface area contributed by atoms with Crippen LogP contribution in [0.2, 0.25) is 0 Å². The van der Waals surface area contributed by atoms with Crippen LogP contribution in [0.4, 0.5) is 0 Å². The summed E-state index contributed by atoms with van der Waals surface area (Å²) in [6, 6.07) is 16.8. The van der Waals surface area contributed by atoms with Gasteiger partial charge in [0, 0.05) is 27.1 Å². The summed E-state index contributed by atoms with van der Waals surface area (Å²) < 4.78 is 0. The highest BCUT2D eigenvalue weighted by molar-refractivity contribution is 7.81. The summed E-state index contributed by atoms with van der Waals surface area (Å²) in [4.78, 5) is 13.2. The fourth-order valence-corrected chi connectivity index (χ4v) is 5.89. The standard InChI is InChI=1S/C28H26O2S2/c1-17(15-18(2)28(29)30)16-23(26-21-9-5-3-7-19(21)11-13-24(26)31)27-22-10-6-4-8-20(22)12-14-25(27)32/h3-14,17,23,26-27H,2,15-16H2,1H3,(H,29,30). The van der Waals surface area contributed by atoms with Crippen molar-refractivity contribution in [3.05, 3.63) is 95.1 Å². The summed E-state index contributed by atoms with van der Waals surface area (Å²) in [5.74, 6) is -0.617. The maximum atomic E-state index is 11.4. The number of carboxylic acid groups (broad SMARTS) is 1. The van der Waals surface area contributed by atoms with Crippen LogP contribution in [-0.4, -0.2) is 20.8 Å². The van der Waals surface area contributed by atoms with E-state index in [0.717, 1.165) is 16.1 Å². The Labute approximate surface area is 200 Å². The molecule has 32 heavy (non-hydrogen) atoms. The van der Waals surface area contributed by atoms with E-state index in [1.807, 2.05) is 24.3 Å². The zero-order valence-electron chi connectivity index (χ0n) is 18.0. The fourth-order valence-electron chi connectivity index (χ4n) is 5.15. The molecular formula is C28H26O2S2. The summed E-state index contributed by atoms with van der Waals surface area (Å²) in [5, 5.41) is 9.35. The Kier molecular flexibility index (Phi) is 6.63. The number of hydrogen-bond acceptors (Lipinski definition) is 3. The molecule has 2 nitrogen and oxygen atoms in total. The molecule has 4 rings (SSSR count). The van der Waals surface area contributed by atoms with Crippen LogP contribution in [0.15, 0.2) is 72.8 Å². The zero-order valence-corrected chi connectivity index (χ0v) is 19.7. The molecule has 0 fully saturated rings. The largest absolute Gasteiger partial charge is 0.478 e. The van der Waals surface area contributed by atoms with Gasteiger partial charge >= 0.3 is 5.97 Å². The zero-order chi connectivity index (χ0) is 22.8. The van der Waals surface area contributed by atoms with E-state index < -0.39 is 5.97 Å². The van der Waals surface area contributed by atoms with Gasteiger partial charge in [-0.25, -0.2) is 4.79 Å². The van der Waals surface area contributed by atoms with Crippen LogP contribution in [0.25, 0.3) is 12.2 Å². The topological polar surface area (TPSA) is 37.3 Å². The smallest absolute Gasteiger partial charge is 0.330 e. The fraction of sp³-hybridized carbons (Fsp3) is 0.250. The summed E-state index contributed by atoms with van der Waals surface area (Å²) >= 11 is 11.8. The molecule has 0 aliphatic heterocycles. The molecule has 2 aromatic carbocycles. The molecule has 1 N–H and O–H groups in total. The lowest BCUT2D eigenvalue weighted by atomic mass is 9.65. The Morgan fingerprint density at radius 3 is 1.84 bits per heavy atom. The van der Waals surface area contributed by atoms with Crippen molar-refractivity contribution in [1.29, 1.82) is 0 Å². The van der Waals surface area contributed by atoms with E-state index in [-0.39, 0.29) is 29.2 Å². The van der Waals surface area contributed by atoms with Crippen LogP contribution in [0.1, 0.15) is 53.9 Å². The minimum Gasteiger partial charge on any atom is -0.478 e. The molecule has 2 aliphatic carbocycles. The average Bonchev–Trinajstić information content (AvgIpc) is 2.78. The van der Waals surface area contributed by atoms with E-state index in [2.05, 4.69) is 62.1 Å². The maximum Gasteiger partial charge on any atom is 0.330 e. The minimum atomic E-state index is -0.934. The summed E-state index contributed by atoms with van der Waals surface area (Å²) in [7, 11) is 0. The molecule has 0 saturated heterocycles. The Morgan fingerprint density at radius 2 is 1.38 bits per heavy atom. The van der Waals surface area contributed by atoms with Gasteiger partial charge in [0.25, 0.3) is 0 Å². The minimum absolute atomic E-state index is 0.0363. The van der Waals surface area contributed by atoms with Gasteiger partial charge < -0.3 is 5.11 Å². The first kappa shape index (κ1) is 22.5. The Bertz CT molecular complexity index is 1080. The third-order valence-corrected chi connectivity index (χ3v) is 7.34. The highest BCUT2D eigenvalue weighted by Gasteiger charge is 2.39. The van der Waals surface area contributed by atoms with Crippen molar-refractivity contribution < 1.29 is 9.90 Å². The van der Waals surface area contributed by atoms with Gasteiger partial charge in [-0.15, -0.1) is 0 Å². The van der Waals surface area contributed by atoms with Crippen molar-refractivity contribution >= 4 is 52.3 Å². The monoisotopic (exact) mass is 458 g/mol. The normalized spacial score (nSPS) is 20.9. The Balaban J connectivity index is 1.79. The molecule has 0 amide bonds. The average molecular weight is 459 g/mol. The van der Waals surface area contributed by atoms with Gasteiger partial charge in [0.1, 0.15) is 0 Å². The molecule has 3 unspecified atom stereocenters. The highest BCUT2D eigenvalue weighted by atomic mass is 32.1. The second-order valence-corrected chi connectivity index (χ2v) is 9.74. The SMILES string of the molecule is C=C(CC(C)CC(C1C(=S)C=Cc2ccccc21)C1C(=S)C=Cc2ccccc21)C(=O)O. The van der Waals surface area contributed by atoms with Crippen molar-refractivity contribution in [3.8, 4) is 0 Å². The second kappa shape index (κ2) is 9.43. The predicted octanol–water partition coefficient (Wildman–Crippen LogP) is 7.02. The first-order valence-electron chi connectivity index (χ1n) is 10.9. The van der Waals surface area contributed by atoms with Crippen molar-refractivity contribution in [1.82, 2.24) is 0 Å². The molecule has 0 spiro atoms. The number of benzene rings is 2. The molecule has 2 aliphatic rings. The Morgan fingerprint density at radius 1 is 0.906 bits per heavy atom. The van der Waals surface area contributed by atoms with Crippen molar-refractivity contribution in [3.63, 3.8) is 0 Å². The molecule has 0 heterocycles. The second-order valence-electron chi connectivity index (χ2n) is 8.80.